The zero-order valence-electron chi connectivity index (χ0n) is 23.3. The van der Waals surface area contributed by atoms with Gasteiger partial charge in [0.1, 0.15) is 5.82 Å². The molecule has 11 heteroatoms. The molecule has 2 aliphatic carbocycles. The smallest absolute Gasteiger partial charge is 0.253 e. The summed E-state index contributed by atoms with van der Waals surface area (Å²) in [4.78, 5) is 26.6. The molecular weight excluding hydrogens is 550 g/mol. The molecule has 0 spiro atoms. The lowest BCUT2D eigenvalue weighted by atomic mass is 9.98. The fourth-order valence-corrected chi connectivity index (χ4v) is 6.89. The van der Waals surface area contributed by atoms with E-state index in [9.17, 15) is 18.5 Å². The molecule has 1 saturated carbocycles. The first-order valence-electron chi connectivity index (χ1n) is 14.0. The Balaban J connectivity index is 1.50. The zero-order valence-corrected chi connectivity index (χ0v) is 24.1. The standard InChI is InChI=1S/C31H31N7O3S/c1-18(2)15-36-42(40,41)28-12-23-26(38-31(39)21-4-3-8-33-16-21)13-27(37-29-10-19(14-32)7-9-34-29)30(23)24-17-35-25(11-22(24)28)20-5-6-20/h3-4,7-12,16-18,20,26-27,36H,5-6,13,15H2,1-2H3,(H,34,37)(H,38,39)/t26-,27-/m1/s1. The Morgan fingerprint density at radius 1 is 1.07 bits per heavy atom. The minimum atomic E-state index is -3.88. The number of carbonyl (C=O) groups excluding carboxylic acids is 1. The first kappa shape index (κ1) is 27.8. The molecule has 2 atom stereocenters. The van der Waals surface area contributed by atoms with Gasteiger partial charge in [0.25, 0.3) is 5.91 Å². The predicted octanol–water partition coefficient (Wildman–Crippen LogP) is 4.74. The minimum absolute atomic E-state index is 0.126. The first-order chi connectivity index (χ1) is 20.2. The van der Waals surface area contributed by atoms with Crippen LogP contribution in [-0.2, 0) is 10.0 Å². The van der Waals surface area contributed by atoms with Crippen LogP contribution in [-0.4, -0.2) is 35.8 Å². The van der Waals surface area contributed by atoms with E-state index in [1.165, 1.54) is 6.20 Å². The lowest BCUT2D eigenvalue weighted by Gasteiger charge is -2.19. The van der Waals surface area contributed by atoms with Crippen LogP contribution in [0.15, 0.2) is 66.1 Å². The number of aromatic nitrogens is 3. The lowest BCUT2D eigenvalue weighted by Crippen LogP contribution is -2.29. The number of hydrogen-bond donors (Lipinski definition) is 3. The maximum atomic E-state index is 13.8. The maximum Gasteiger partial charge on any atom is 0.253 e. The molecule has 0 bridgehead atoms. The second kappa shape index (κ2) is 11.1. The van der Waals surface area contributed by atoms with E-state index in [0.717, 1.165) is 24.1 Å². The average Bonchev–Trinajstić information content (AvgIpc) is 3.79. The van der Waals surface area contributed by atoms with Crippen LogP contribution in [0.3, 0.4) is 0 Å². The highest BCUT2D eigenvalue weighted by Gasteiger charge is 2.37. The van der Waals surface area contributed by atoms with Crippen molar-refractivity contribution in [2.75, 3.05) is 11.9 Å². The van der Waals surface area contributed by atoms with Crippen molar-refractivity contribution in [2.45, 2.75) is 56.0 Å². The van der Waals surface area contributed by atoms with E-state index >= 15 is 0 Å². The van der Waals surface area contributed by atoms with Crippen LogP contribution in [0.4, 0.5) is 5.82 Å². The first-order valence-corrected chi connectivity index (χ1v) is 15.5. The topological polar surface area (TPSA) is 150 Å². The lowest BCUT2D eigenvalue weighted by molar-refractivity contribution is 0.0935. The van der Waals surface area contributed by atoms with Gasteiger partial charge in [0.15, 0.2) is 0 Å². The van der Waals surface area contributed by atoms with Crippen LogP contribution in [0.2, 0.25) is 0 Å². The Labute approximate surface area is 244 Å². The second-order valence-corrected chi connectivity index (χ2v) is 13.0. The maximum absolute atomic E-state index is 13.8. The third-order valence-electron chi connectivity index (χ3n) is 7.68. The van der Waals surface area contributed by atoms with Gasteiger partial charge in [0.05, 0.1) is 34.2 Å². The summed E-state index contributed by atoms with van der Waals surface area (Å²) in [5.74, 6) is 0.658. The molecule has 1 amide bonds. The summed E-state index contributed by atoms with van der Waals surface area (Å²) in [5.41, 5.74) is 3.30. The van der Waals surface area contributed by atoms with Crippen molar-refractivity contribution in [1.82, 2.24) is 25.0 Å². The summed E-state index contributed by atoms with van der Waals surface area (Å²) in [7, 11) is -3.88. The number of benzene rings is 1. The highest BCUT2D eigenvalue weighted by molar-refractivity contribution is 7.89. The van der Waals surface area contributed by atoms with Gasteiger partial charge in [-0.3, -0.25) is 14.8 Å². The van der Waals surface area contributed by atoms with Gasteiger partial charge in [0.2, 0.25) is 10.0 Å². The van der Waals surface area contributed by atoms with Crippen LogP contribution < -0.4 is 15.4 Å². The molecule has 4 aromatic rings. The Morgan fingerprint density at radius 2 is 1.90 bits per heavy atom. The van der Waals surface area contributed by atoms with Gasteiger partial charge in [-0.2, -0.15) is 5.26 Å². The molecule has 3 aromatic heterocycles. The van der Waals surface area contributed by atoms with Crippen molar-refractivity contribution >= 4 is 32.5 Å². The summed E-state index contributed by atoms with van der Waals surface area (Å²) < 4.78 is 30.3. The molecule has 0 aliphatic heterocycles. The third-order valence-corrected chi connectivity index (χ3v) is 9.14. The van der Waals surface area contributed by atoms with Gasteiger partial charge in [-0.25, -0.2) is 18.1 Å². The molecule has 1 fully saturated rings. The number of nitriles is 1. The van der Waals surface area contributed by atoms with Crippen LogP contribution in [0.5, 0.6) is 0 Å². The van der Waals surface area contributed by atoms with Crippen molar-refractivity contribution in [3.63, 3.8) is 0 Å². The highest BCUT2D eigenvalue weighted by Crippen LogP contribution is 2.47. The Bertz CT molecular complexity index is 1820. The molecule has 0 radical (unpaired) electrons. The highest BCUT2D eigenvalue weighted by atomic mass is 32.2. The second-order valence-electron chi connectivity index (χ2n) is 11.3. The van der Waals surface area contributed by atoms with E-state index in [1.807, 2.05) is 19.9 Å². The van der Waals surface area contributed by atoms with Gasteiger partial charge < -0.3 is 10.6 Å². The quantitative estimate of drug-likeness (QED) is 0.257. The van der Waals surface area contributed by atoms with Crippen molar-refractivity contribution in [2.24, 2.45) is 5.92 Å². The molecule has 0 saturated heterocycles. The Kier molecular flexibility index (Phi) is 7.35. The molecule has 3 N–H and O–H groups in total. The van der Waals surface area contributed by atoms with Gasteiger partial charge in [-0.1, -0.05) is 13.8 Å². The predicted molar refractivity (Wildman–Crippen MR) is 158 cm³/mol. The van der Waals surface area contributed by atoms with Crippen molar-refractivity contribution in [1.29, 1.82) is 5.26 Å². The molecule has 3 heterocycles. The number of anilines is 1. The number of amides is 1. The van der Waals surface area contributed by atoms with Gasteiger partial charge >= 0.3 is 0 Å². The molecule has 1 aromatic carbocycles. The molecular formula is C31H31N7O3S. The van der Waals surface area contributed by atoms with Crippen molar-refractivity contribution in [3.05, 3.63) is 89.1 Å². The van der Waals surface area contributed by atoms with Crippen LogP contribution in [0, 0.1) is 17.2 Å². The summed E-state index contributed by atoms with van der Waals surface area (Å²) in [6.07, 6.45) is 8.92. The molecule has 42 heavy (non-hydrogen) atoms. The van der Waals surface area contributed by atoms with E-state index in [1.54, 1.807) is 48.9 Å². The Hall–Kier alpha value is -4.40. The van der Waals surface area contributed by atoms with Gasteiger partial charge in [0, 0.05) is 53.7 Å². The molecule has 10 nitrogen and oxygen atoms in total. The summed E-state index contributed by atoms with van der Waals surface area (Å²) >= 11 is 0. The number of pyridine rings is 3. The van der Waals surface area contributed by atoms with E-state index < -0.39 is 16.1 Å². The number of nitrogens with one attached hydrogen (secondary N) is 3. The summed E-state index contributed by atoms with van der Waals surface area (Å²) in [5, 5.41) is 17.2. The van der Waals surface area contributed by atoms with Gasteiger partial charge in [-0.15, -0.1) is 0 Å². The number of fused-ring (bicyclic) bond motifs is 3. The molecule has 2 aliphatic rings. The zero-order chi connectivity index (χ0) is 29.4. The normalized spacial score (nSPS) is 18.0. The van der Waals surface area contributed by atoms with Gasteiger partial charge in [-0.05, 0) is 72.7 Å². The Morgan fingerprint density at radius 3 is 2.62 bits per heavy atom. The molecule has 214 valence electrons. The van der Waals surface area contributed by atoms with Crippen LogP contribution >= 0.6 is 0 Å². The monoisotopic (exact) mass is 581 g/mol. The largest absolute Gasteiger partial charge is 0.363 e. The summed E-state index contributed by atoms with van der Waals surface area (Å²) in [6.45, 7) is 4.20. The van der Waals surface area contributed by atoms with Crippen LogP contribution in [0.25, 0.3) is 10.8 Å². The van der Waals surface area contributed by atoms with E-state index in [4.69, 9.17) is 4.98 Å². The molecule has 6 rings (SSSR count). The van der Waals surface area contributed by atoms with E-state index in [0.29, 0.717) is 52.2 Å². The van der Waals surface area contributed by atoms with E-state index in [2.05, 4.69) is 31.4 Å². The number of nitrogens with zero attached hydrogens (tertiary/aromatic N) is 4. The number of rotatable bonds is 9. The summed E-state index contributed by atoms with van der Waals surface area (Å²) in [6, 6.07) is 11.6. The van der Waals surface area contributed by atoms with Crippen molar-refractivity contribution < 1.29 is 13.2 Å². The fourth-order valence-electron chi connectivity index (χ4n) is 5.44. The van der Waals surface area contributed by atoms with Crippen LogP contribution in [0.1, 0.15) is 83.9 Å². The fraction of sp³-hybridized carbons (Fsp3) is 0.323. The third kappa shape index (κ3) is 5.55. The minimum Gasteiger partial charge on any atom is -0.363 e. The number of carbonyl (C=O) groups is 1. The SMILES string of the molecule is CC(C)CNS(=O)(=O)c1cc2c(c3cnc(C4CC4)cc13)[C@H](Nc1cc(C#N)ccn1)C[C@H]2NC(=O)c1cccnc1. The molecule has 0 unspecified atom stereocenters. The van der Waals surface area contributed by atoms with Crippen molar-refractivity contribution in [3.8, 4) is 6.07 Å². The number of sulfonamides is 1. The van der Waals surface area contributed by atoms with E-state index in [-0.39, 0.29) is 22.8 Å². The average molecular weight is 582 g/mol. The number of hydrogen-bond acceptors (Lipinski definition) is 8.